The molecule has 8 nitrogen and oxygen atoms in total. The first-order valence-corrected chi connectivity index (χ1v) is 11.2. The Labute approximate surface area is 156 Å². The molecule has 26 heavy (non-hydrogen) atoms. The maximum Gasteiger partial charge on any atom is 0.231 e. The van der Waals surface area contributed by atoms with Gasteiger partial charge < -0.3 is 14.3 Å². The summed E-state index contributed by atoms with van der Waals surface area (Å²) < 4.78 is 30.2. The summed E-state index contributed by atoms with van der Waals surface area (Å²) in [4.78, 5) is 12.1. The number of hydrogen-bond donors (Lipinski definition) is 1. The molecule has 0 saturated carbocycles. The zero-order chi connectivity index (χ0) is 18.7. The molecule has 2 atom stereocenters. The summed E-state index contributed by atoms with van der Waals surface area (Å²) in [6.45, 7) is 1.86. The average Bonchev–Trinajstić information content (AvgIpc) is 3.29. The average molecular weight is 399 g/mol. The highest BCUT2D eigenvalue weighted by atomic mass is 32.2. The molecule has 1 aliphatic rings. The molecule has 10 heteroatoms. The largest absolute Gasteiger partial charge is 0.467 e. The molecule has 1 aliphatic heterocycles. The Bertz CT molecular complexity index is 861. The topological polar surface area (TPSA) is 107 Å². The van der Waals surface area contributed by atoms with Crippen molar-refractivity contribution in [3.05, 3.63) is 30.0 Å². The van der Waals surface area contributed by atoms with Gasteiger partial charge in [-0.05, 0) is 31.4 Å². The lowest BCUT2D eigenvalue weighted by molar-refractivity contribution is -0.119. The van der Waals surface area contributed by atoms with Crippen LogP contribution in [0.1, 0.15) is 31.0 Å². The molecule has 1 saturated heterocycles. The molecule has 2 aromatic heterocycles. The number of sulfone groups is 1. The Balaban J connectivity index is 1.51. The molecule has 1 N–H and O–H groups in total. The summed E-state index contributed by atoms with van der Waals surface area (Å²) in [6.07, 6.45) is 2.83. The van der Waals surface area contributed by atoms with Crippen LogP contribution < -0.4 is 5.32 Å². The van der Waals surface area contributed by atoms with Crippen LogP contribution in [-0.2, 0) is 28.1 Å². The standard InChI is InChI=1S/C16H22N4O4S2/c1-11(13-4-3-6-24-13)17-15(21)9-25-16-19-18-14(20(16)2)8-12-5-7-26(22,23)10-12/h3-4,6,11-12H,5,7-10H2,1-2H3,(H,17,21)/t11-,12-/m0/s1. The van der Waals surface area contributed by atoms with Crippen molar-refractivity contribution >= 4 is 27.5 Å². The van der Waals surface area contributed by atoms with Crippen LogP contribution in [0.15, 0.2) is 28.0 Å². The fourth-order valence-electron chi connectivity index (χ4n) is 2.96. The molecular weight excluding hydrogens is 376 g/mol. The minimum absolute atomic E-state index is 0.0956. The summed E-state index contributed by atoms with van der Waals surface area (Å²) in [6, 6.07) is 3.40. The van der Waals surface area contributed by atoms with Crippen molar-refractivity contribution in [2.45, 2.75) is 31.0 Å². The number of carbonyl (C=O) groups is 1. The lowest BCUT2D eigenvalue weighted by Gasteiger charge is -2.11. The number of aromatic nitrogens is 3. The number of amides is 1. The molecule has 0 radical (unpaired) electrons. The zero-order valence-corrected chi connectivity index (χ0v) is 16.3. The number of nitrogens with zero attached hydrogens (tertiary/aromatic N) is 3. The second-order valence-corrected chi connectivity index (χ2v) is 9.70. The Morgan fingerprint density at radius 2 is 2.31 bits per heavy atom. The van der Waals surface area contributed by atoms with E-state index in [4.69, 9.17) is 4.42 Å². The summed E-state index contributed by atoms with van der Waals surface area (Å²) in [5.41, 5.74) is 0. The van der Waals surface area contributed by atoms with Crippen LogP contribution in [-0.4, -0.2) is 46.3 Å². The SMILES string of the molecule is C[C@H](NC(=O)CSc1nnc(C[C@@H]2CCS(=O)(=O)C2)n1C)c1ccco1. The van der Waals surface area contributed by atoms with Crippen molar-refractivity contribution in [3.63, 3.8) is 0 Å². The molecule has 3 heterocycles. The van der Waals surface area contributed by atoms with Crippen LogP contribution in [0.25, 0.3) is 0 Å². The van der Waals surface area contributed by atoms with Crippen molar-refractivity contribution in [1.82, 2.24) is 20.1 Å². The van der Waals surface area contributed by atoms with E-state index in [-0.39, 0.29) is 35.1 Å². The van der Waals surface area contributed by atoms with Crippen molar-refractivity contribution < 1.29 is 17.6 Å². The molecule has 3 rings (SSSR count). The maximum absolute atomic E-state index is 12.1. The van der Waals surface area contributed by atoms with E-state index >= 15 is 0 Å². The van der Waals surface area contributed by atoms with E-state index in [0.29, 0.717) is 23.8 Å². The predicted molar refractivity (Wildman–Crippen MR) is 97.5 cm³/mol. The molecule has 1 amide bonds. The third-order valence-electron chi connectivity index (χ3n) is 4.40. The van der Waals surface area contributed by atoms with E-state index in [2.05, 4.69) is 15.5 Å². The van der Waals surface area contributed by atoms with E-state index < -0.39 is 9.84 Å². The summed E-state index contributed by atoms with van der Waals surface area (Å²) in [7, 11) is -1.06. The van der Waals surface area contributed by atoms with Crippen LogP contribution in [0, 0.1) is 5.92 Å². The molecule has 0 spiro atoms. The number of nitrogens with one attached hydrogen (secondary N) is 1. The van der Waals surface area contributed by atoms with Gasteiger partial charge in [0.2, 0.25) is 5.91 Å². The Morgan fingerprint density at radius 3 is 2.96 bits per heavy atom. The van der Waals surface area contributed by atoms with E-state index in [9.17, 15) is 13.2 Å². The number of furan rings is 1. The molecule has 0 bridgehead atoms. The minimum Gasteiger partial charge on any atom is -0.467 e. The van der Waals surface area contributed by atoms with Crippen molar-refractivity contribution in [1.29, 1.82) is 0 Å². The monoisotopic (exact) mass is 398 g/mol. The number of rotatable bonds is 7. The highest BCUT2D eigenvalue weighted by Crippen LogP contribution is 2.23. The van der Waals surface area contributed by atoms with Gasteiger partial charge in [-0.3, -0.25) is 4.79 Å². The van der Waals surface area contributed by atoms with Crippen LogP contribution in [0.2, 0.25) is 0 Å². The summed E-state index contributed by atoms with van der Waals surface area (Å²) in [5, 5.41) is 11.8. The van der Waals surface area contributed by atoms with Gasteiger partial charge in [0.1, 0.15) is 11.6 Å². The third-order valence-corrected chi connectivity index (χ3v) is 7.26. The van der Waals surface area contributed by atoms with Crippen molar-refractivity contribution in [2.75, 3.05) is 17.3 Å². The fraction of sp³-hybridized carbons (Fsp3) is 0.562. The second-order valence-electron chi connectivity index (χ2n) is 6.52. The van der Waals surface area contributed by atoms with Gasteiger partial charge in [-0.1, -0.05) is 11.8 Å². The third kappa shape index (κ3) is 4.67. The first-order chi connectivity index (χ1) is 12.3. The Kier molecular flexibility index (Phi) is 5.71. The minimum atomic E-state index is -2.90. The lowest BCUT2D eigenvalue weighted by Crippen LogP contribution is -2.28. The smallest absolute Gasteiger partial charge is 0.231 e. The second kappa shape index (κ2) is 7.83. The maximum atomic E-state index is 12.1. The molecule has 0 unspecified atom stereocenters. The molecule has 0 aliphatic carbocycles. The summed E-state index contributed by atoms with van der Waals surface area (Å²) >= 11 is 1.30. The fourth-order valence-corrected chi connectivity index (χ4v) is 5.56. The molecule has 142 valence electrons. The quantitative estimate of drug-likeness (QED) is 0.702. The van der Waals surface area contributed by atoms with E-state index in [1.807, 2.05) is 24.6 Å². The Hall–Kier alpha value is -1.81. The molecule has 0 aromatic carbocycles. The lowest BCUT2D eigenvalue weighted by atomic mass is 10.1. The van der Waals surface area contributed by atoms with Crippen LogP contribution in [0.3, 0.4) is 0 Å². The van der Waals surface area contributed by atoms with Crippen molar-refractivity contribution in [2.24, 2.45) is 13.0 Å². The molecule has 1 fully saturated rings. The van der Waals surface area contributed by atoms with Gasteiger partial charge >= 0.3 is 0 Å². The van der Waals surface area contributed by atoms with E-state index in [1.165, 1.54) is 11.8 Å². The van der Waals surface area contributed by atoms with Crippen LogP contribution in [0.5, 0.6) is 0 Å². The Morgan fingerprint density at radius 1 is 1.50 bits per heavy atom. The first-order valence-electron chi connectivity index (χ1n) is 8.38. The highest BCUT2D eigenvalue weighted by molar-refractivity contribution is 7.99. The molecule has 2 aromatic rings. The van der Waals surface area contributed by atoms with Gasteiger partial charge in [0, 0.05) is 13.5 Å². The predicted octanol–water partition coefficient (Wildman–Crippen LogP) is 1.35. The summed E-state index contributed by atoms with van der Waals surface area (Å²) in [5.74, 6) is 2.12. The van der Waals surface area contributed by atoms with Crippen LogP contribution in [0.4, 0.5) is 0 Å². The number of thioether (sulfide) groups is 1. The number of hydrogen-bond acceptors (Lipinski definition) is 7. The van der Waals surface area contributed by atoms with Gasteiger partial charge in [0.05, 0.1) is 29.6 Å². The van der Waals surface area contributed by atoms with Gasteiger partial charge in [-0.25, -0.2) is 8.42 Å². The van der Waals surface area contributed by atoms with E-state index in [0.717, 1.165) is 5.82 Å². The highest BCUT2D eigenvalue weighted by Gasteiger charge is 2.29. The van der Waals surface area contributed by atoms with Crippen LogP contribution >= 0.6 is 11.8 Å². The molecular formula is C16H22N4O4S2. The van der Waals surface area contributed by atoms with Gasteiger partial charge in [-0.2, -0.15) is 0 Å². The van der Waals surface area contributed by atoms with E-state index in [1.54, 1.807) is 12.3 Å². The van der Waals surface area contributed by atoms with Gasteiger partial charge in [0.25, 0.3) is 0 Å². The first kappa shape index (κ1) is 19.0. The normalized spacial score (nSPS) is 20.2. The van der Waals surface area contributed by atoms with Gasteiger partial charge in [-0.15, -0.1) is 10.2 Å². The zero-order valence-electron chi connectivity index (χ0n) is 14.7. The van der Waals surface area contributed by atoms with Crippen molar-refractivity contribution in [3.8, 4) is 0 Å². The number of carbonyl (C=O) groups excluding carboxylic acids is 1. The van der Waals surface area contributed by atoms with Gasteiger partial charge in [0.15, 0.2) is 15.0 Å².